The molecular weight excluding hydrogens is 344 g/mol. The molecule has 3 rings (SSSR count). The maximum atomic E-state index is 12.3. The third-order valence-electron chi connectivity index (χ3n) is 3.95. The average Bonchev–Trinajstić information content (AvgIpc) is 2.96. The van der Waals surface area contributed by atoms with Gasteiger partial charge in [0.05, 0.1) is 6.61 Å². The van der Waals surface area contributed by atoms with Crippen LogP contribution < -0.4 is 5.32 Å². The summed E-state index contributed by atoms with van der Waals surface area (Å²) < 4.78 is 5.48. The van der Waals surface area contributed by atoms with Crippen molar-refractivity contribution in [3.05, 3.63) is 34.9 Å². The van der Waals surface area contributed by atoms with E-state index in [2.05, 4.69) is 5.32 Å². The first kappa shape index (κ1) is 16.6. The molecule has 1 aromatic carbocycles. The molecule has 0 spiro atoms. The Hall–Kier alpha value is -1.29. The minimum absolute atomic E-state index is 0.0785. The van der Waals surface area contributed by atoms with E-state index in [0.29, 0.717) is 10.6 Å². The maximum Gasteiger partial charge on any atom is 0.253 e. The molecule has 2 aliphatic heterocycles. The average molecular weight is 359 g/mol. The van der Waals surface area contributed by atoms with Crippen LogP contribution in [-0.2, 0) is 9.53 Å². The molecule has 0 aliphatic carbocycles. The molecule has 2 heterocycles. The molecule has 23 heavy (non-hydrogen) atoms. The van der Waals surface area contributed by atoms with E-state index < -0.39 is 37.2 Å². The fraction of sp³-hybridized carbons (Fsp3) is 0.429. The molecule has 5 atom stereocenters. The molecular formula is C14H15ClN2O5S. The van der Waals surface area contributed by atoms with Crippen LogP contribution in [0.1, 0.15) is 11.6 Å². The van der Waals surface area contributed by atoms with E-state index >= 15 is 0 Å². The van der Waals surface area contributed by atoms with Gasteiger partial charge in [-0.15, -0.1) is 0 Å². The molecule has 0 radical (unpaired) electrons. The first-order valence-electron chi connectivity index (χ1n) is 6.95. The predicted octanol–water partition coefficient (Wildman–Crippen LogP) is -0.463. The van der Waals surface area contributed by atoms with Gasteiger partial charge in [-0.3, -0.25) is 4.79 Å². The molecule has 0 saturated carbocycles. The second-order valence-corrected chi connectivity index (χ2v) is 6.21. The van der Waals surface area contributed by atoms with Gasteiger partial charge in [-0.25, -0.2) is 0 Å². The topological polar surface area (TPSA) is 102 Å². The highest BCUT2D eigenvalue weighted by Gasteiger charge is 2.51. The summed E-state index contributed by atoms with van der Waals surface area (Å²) in [7, 11) is 0. The zero-order valence-electron chi connectivity index (χ0n) is 11.8. The number of nitrogens with one attached hydrogen (secondary N) is 1. The summed E-state index contributed by atoms with van der Waals surface area (Å²) in [6.07, 6.45) is -4.60. The number of thiocarbonyl (C=S) groups is 1. The minimum Gasteiger partial charge on any atom is -0.394 e. The molecule has 0 aromatic heterocycles. The van der Waals surface area contributed by atoms with Crippen molar-refractivity contribution in [1.29, 1.82) is 0 Å². The number of amides is 1. The number of rotatable bonds is 3. The van der Waals surface area contributed by atoms with Gasteiger partial charge in [0, 0.05) is 5.02 Å². The molecule has 2 saturated heterocycles. The van der Waals surface area contributed by atoms with Gasteiger partial charge < -0.3 is 30.3 Å². The van der Waals surface area contributed by atoms with E-state index in [4.69, 9.17) is 28.6 Å². The van der Waals surface area contributed by atoms with Gasteiger partial charge in [-0.2, -0.15) is 0 Å². The lowest BCUT2D eigenvalue weighted by Crippen LogP contribution is -2.46. The van der Waals surface area contributed by atoms with Crippen LogP contribution in [0.3, 0.4) is 0 Å². The van der Waals surface area contributed by atoms with Crippen LogP contribution >= 0.6 is 23.8 Å². The molecule has 2 aliphatic rings. The molecule has 1 unspecified atom stereocenters. The molecule has 4 N–H and O–H groups in total. The fourth-order valence-corrected chi connectivity index (χ4v) is 3.35. The van der Waals surface area contributed by atoms with Gasteiger partial charge in [0.15, 0.2) is 11.3 Å². The Balaban J connectivity index is 1.96. The summed E-state index contributed by atoms with van der Waals surface area (Å²) in [6, 6.07) is 5.85. The SMILES string of the molecule is O=C1NC(=S)N([C@@H]2O[C@H](CO)[C@@H](O)[C@H]2O)C1c1cccc(Cl)c1. The molecule has 1 amide bonds. The summed E-state index contributed by atoms with van der Waals surface area (Å²) in [5, 5.41) is 32.4. The zero-order valence-corrected chi connectivity index (χ0v) is 13.4. The van der Waals surface area contributed by atoms with E-state index in [9.17, 15) is 20.1 Å². The van der Waals surface area contributed by atoms with Crippen LogP contribution in [0, 0.1) is 0 Å². The van der Waals surface area contributed by atoms with Gasteiger partial charge in [0.2, 0.25) is 0 Å². The van der Waals surface area contributed by atoms with E-state index in [1.54, 1.807) is 24.3 Å². The lowest BCUT2D eigenvalue weighted by atomic mass is 10.0. The largest absolute Gasteiger partial charge is 0.394 e. The van der Waals surface area contributed by atoms with Crippen LogP contribution in [0.4, 0.5) is 0 Å². The Bertz CT molecular complexity index is 645. The second-order valence-electron chi connectivity index (χ2n) is 5.39. The highest BCUT2D eigenvalue weighted by atomic mass is 35.5. The van der Waals surface area contributed by atoms with Crippen molar-refractivity contribution in [1.82, 2.24) is 10.2 Å². The number of carbonyl (C=O) groups excluding carboxylic acids is 1. The van der Waals surface area contributed by atoms with Crippen molar-refractivity contribution in [2.75, 3.05) is 6.61 Å². The summed E-state index contributed by atoms with van der Waals surface area (Å²) in [6.45, 7) is -0.460. The van der Waals surface area contributed by atoms with Crippen molar-refractivity contribution in [2.24, 2.45) is 0 Å². The molecule has 9 heteroatoms. The van der Waals surface area contributed by atoms with E-state index in [-0.39, 0.29) is 11.0 Å². The molecule has 2 fully saturated rings. The molecule has 0 bridgehead atoms. The van der Waals surface area contributed by atoms with Crippen LogP contribution in [0.15, 0.2) is 24.3 Å². The first-order chi connectivity index (χ1) is 10.9. The van der Waals surface area contributed by atoms with E-state index in [1.165, 1.54) is 4.90 Å². The number of ether oxygens (including phenoxy) is 1. The lowest BCUT2D eigenvalue weighted by Gasteiger charge is -2.31. The summed E-state index contributed by atoms with van der Waals surface area (Å²) in [4.78, 5) is 13.7. The summed E-state index contributed by atoms with van der Waals surface area (Å²) in [5.74, 6) is -0.380. The second kappa shape index (κ2) is 6.31. The number of aliphatic hydroxyl groups excluding tert-OH is 3. The summed E-state index contributed by atoms with van der Waals surface area (Å²) in [5.41, 5.74) is 0.576. The fourth-order valence-electron chi connectivity index (χ4n) is 2.84. The first-order valence-corrected chi connectivity index (χ1v) is 7.73. The zero-order chi connectivity index (χ0) is 16.7. The van der Waals surface area contributed by atoms with Crippen LogP contribution in [0.2, 0.25) is 5.02 Å². The van der Waals surface area contributed by atoms with Gasteiger partial charge in [-0.1, -0.05) is 23.7 Å². The number of hydrogen-bond acceptors (Lipinski definition) is 6. The molecule has 124 valence electrons. The van der Waals surface area contributed by atoms with Crippen LogP contribution in [-0.4, -0.2) is 62.4 Å². The van der Waals surface area contributed by atoms with Crippen LogP contribution in [0.25, 0.3) is 0 Å². The maximum absolute atomic E-state index is 12.3. The van der Waals surface area contributed by atoms with E-state index in [0.717, 1.165) is 0 Å². The third-order valence-corrected chi connectivity index (χ3v) is 4.49. The predicted molar refractivity (Wildman–Crippen MR) is 84.5 cm³/mol. The van der Waals surface area contributed by atoms with Gasteiger partial charge in [0.25, 0.3) is 5.91 Å². The quantitative estimate of drug-likeness (QED) is 0.542. The highest BCUT2D eigenvalue weighted by molar-refractivity contribution is 7.80. The Labute approximate surface area is 142 Å². The molecule has 7 nitrogen and oxygen atoms in total. The van der Waals surface area contributed by atoms with Crippen LogP contribution in [0.5, 0.6) is 0 Å². The Morgan fingerprint density at radius 2 is 2.09 bits per heavy atom. The Morgan fingerprint density at radius 1 is 1.35 bits per heavy atom. The number of carbonyl (C=O) groups is 1. The van der Waals surface area contributed by atoms with Crippen molar-refractivity contribution in [3.8, 4) is 0 Å². The Kier molecular flexibility index (Phi) is 4.54. The standard InChI is InChI=1S/C14H15ClN2O5S/c15-7-3-1-2-6(4-7)9-12(21)16-14(23)17(9)13-11(20)10(19)8(5-18)22-13/h1-4,8-11,13,18-20H,5H2,(H,16,21,23)/t8-,9?,10-,11-,13-/m1/s1. The lowest BCUT2D eigenvalue weighted by molar-refractivity contribution is -0.126. The van der Waals surface area contributed by atoms with Gasteiger partial charge in [-0.05, 0) is 29.9 Å². The Morgan fingerprint density at radius 3 is 2.70 bits per heavy atom. The number of hydrogen-bond donors (Lipinski definition) is 4. The third kappa shape index (κ3) is 2.82. The normalized spacial score (nSPS) is 34.1. The number of benzene rings is 1. The summed E-state index contributed by atoms with van der Waals surface area (Å²) >= 11 is 11.1. The van der Waals surface area contributed by atoms with Gasteiger partial charge in [0.1, 0.15) is 24.4 Å². The van der Waals surface area contributed by atoms with E-state index in [1.807, 2.05) is 0 Å². The highest BCUT2D eigenvalue weighted by Crippen LogP contribution is 2.34. The molecule has 1 aromatic rings. The minimum atomic E-state index is -1.32. The number of nitrogens with zero attached hydrogens (tertiary/aromatic N) is 1. The smallest absolute Gasteiger partial charge is 0.253 e. The van der Waals surface area contributed by atoms with Crippen molar-refractivity contribution in [3.63, 3.8) is 0 Å². The van der Waals surface area contributed by atoms with Crippen molar-refractivity contribution >= 4 is 34.8 Å². The number of halogens is 1. The van der Waals surface area contributed by atoms with Gasteiger partial charge >= 0.3 is 0 Å². The monoisotopic (exact) mass is 358 g/mol. The number of aliphatic hydroxyl groups is 3. The van der Waals surface area contributed by atoms with Crippen molar-refractivity contribution < 1.29 is 24.9 Å². The van der Waals surface area contributed by atoms with Crippen molar-refractivity contribution in [2.45, 2.75) is 30.6 Å².